The minimum Gasteiger partial charge on any atom is -0.508 e. The van der Waals surface area contributed by atoms with E-state index in [9.17, 15) is 5.11 Å². The van der Waals surface area contributed by atoms with Crippen molar-refractivity contribution in [2.75, 3.05) is 0 Å². The Bertz CT molecular complexity index is 319. The molecule has 0 aliphatic heterocycles. The van der Waals surface area contributed by atoms with Crippen LogP contribution in [0.2, 0.25) is 0 Å². The molecule has 0 heterocycles. The highest BCUT2D eigenvalue weighted by molar-refractivity contribution is 5.37. The molecule has 0 spiro atoms. The van der Waals surface area contributed by atoms with E-state index in [4.69, 9.17) is 5.84 Å². The molecular weight excluding hydrogens is 176 g/mol. The Hall–Kier alpha value is -1.06. The first-order chi connectivity index (χ1) is 6.53. The van der Waals surface area contributed by atoms with Gasteiger partial charge in [-0.1, -0.05) is 19.1 Å². The van der Waals surface area contributed by atoms with E-state index in [1.807, 2.05) is 26.0 Å². The molecule has 3 nitrogen and oxygen atoms in total. The lowest BCUT2D eigenvalue weighted by Crippen LogP contribution is -2.43. The number of phenolic OH excluding ortho intramolecular Hbond substituents is 1. The number of phenols is 1. The Kier molecular flexibility index (Phi) is 3.13. The van der Waals surface area contributed by atoms with E-state index in [1.54, 1.807) is 6.07 Å². The van der Waals surface area contributed by atoms with Crippen molar-refractivity contribution >= 4 is 0 Å². The Morgan fingerprint density at radius 2 is 2.14 bits per heavy atom. The molecule has 1 rings (SSSR count). The molecule has 4 N–H and O–H groups in total. The van der Waals surface area contributed by atoms with Gasteiger partial charge in [0.25, 0.3) is 0 Å². The molecule has 1 atom stereocenters. The summed E-state index contributed by atoms with van der Waals surface area (Å²) in [4.78, 5) is 0. The highest BCUT2D eigenvalue weighted by atomic mass is 16.3. The van der Waals surface area contributed by atoms with Gasteiger partial charge in [0.15, 0.2) is 0 Å². The third-order valence-corrected chi connectivity index (χ3v) is 2.86. The maximum Gasteiger partial charge on any atom is 0.118 e. The molecule has 0 fully saturated rings. The minimum atomic E-state index is -0.224. The first-order valence-corrected chi connectivity index (χ1v) is 4.81. The standard InChI is InChI=1S/C11H18N2O/c1-4-11(3,13-12)9-5-6-10(14)8(2)7-9/h5-7,13-14H,4,12H2,1-3H3. The van der Waals surface area contributed by atoms with Gasteiger partial charge in [-0.2, -0.15) is 0 Å². The van der Waals surface area contributed by atoms with E-state index in [0.717, 1.165) is 17.5 Å². The largest absolute Gasteiger partial charge is 0.508 e. The molecule has 78 valence electrons. The van der Waals surface area contributed by atoms with E-state index < -0.39 is 0 Å². The van der Waals surface area contributed by atoms with Gasteiger partial charge < -0.3 is 5.11 Å². The SMILES string of the molecule is CCC(C)(NN)c1ccc(O)c(C)c1. The number of rotatable bonds is 3. The zero-order chi connectivity index (χ0) is 10.8. The molecule has 3 heteroatoms. The fraction of sp³-hybridized carbons (Fsp3) is 0.455. The quantitative estimate of drug-likeness (QED) is 0.508. The van der Waals surface area contributed by atoms with Crippen LogP contribution in [0.4, 0.5) is 0 Å². The molecule has 1 unspecified atom stereocenters. The van der Waals surface area contributed by atoms with Crippen LogP contribution in [0.5, 0.6) is 5.75 Å². The second kappa shape index (κ2) is 3.98. The zero-order valence-corrected chi connectivity index (χ0v) is 8.96. The summed E-state index contributed by atoms with van der Waals surface area (Å²) in [6.45, 7) is 5.99. The second-order valence-electron chi connectivity index (χ2n) is 3.83. The number of hydrogen-bond acceptors (Lipinski definition) is 3. The van der Waals surface area contributed by atoms with Crippen LogP contribution in [-0.4, -0.2) is 5.11 Å². The number of hydrogen-bond donors (Lipinski definition) is 3. The van der Waals surface area contributed by atoms with Crippen molar-refractivity contribution in [1.82, 2.24) is 5.43 Å². The molecule has 0 amide bonds. The molecule has 0 bridgehead atoms. The molecule has 0 saturated heterocycles. The molecule has 0 aliphatic rings. The highest BCUT2D eigenvalue weighted by Crippen LogP contribution is 2.27. The lowest BCUT2D eigenvalue weighted by Gasteiger charge is -2.28. The van der Waals surface area contributed by atoms with E-state index in [1.165, 1.54) is 0 Å². The van der Waals surface area contributed by atoms with Crippen molar-refractivity contribution in [3.05, 3.63) is 29.3 Å². The van der Waals surface area contributed by atoms with Gasteiger partial charge in [0.2, 0.25) is 0 Å². The summed E-state index contributed by atoms with van der Waals surface area (Å²) in [5, 5.41) is 9.40. The highest BCUT2D eigenvalue weighted by Gasteiger charge is 2.22. The summed E-state index contributed by atoms with van der Waals surface area (Å²) < 4.78 is 0. The van der Waals surface area contributed by atoms with E-state index in [0.29, 0.717) is 5.75 Å². The first kappa shape index (κ1) is 11.0. The summed E-state index contributed by atoms with van der Waals surface area (Å²) in [6, 6.07) is 5.56. The summed E-state index contributed by atoms with van der Waals surface area (Å²) in [7, 11) is 0. The Morgan fingerprint density at radius 1 is 1.50 bits per heavy atom. The predicted molar refractivity (Wildman–Crippen MR) is 57.8 cm³/mol. The minimum absolute atomic E-state index is 0.224. The lowest BCUT2D eigenvalue weighted by atomic mass is 9.89. The molecule has 1 aromatic carbocycles. The van der Waals surface area contributed by atoms with Crippen molar-refractivity contribution < 1.29 is 5.11 Å². The molecule has 1 aromatic rings. The van der Waals surface area contributed by atoms with Crippen LogP contribution in [0.15, 0.2) is 18.2 Å². The van der Waals surface area contributed by atoms with Gasteiger partial charge in [0.1, 0.15) is 5.75 Å². The van der Waals surface area contributed by atoms with Gasteiger partial charge in [0.05, 0.1) is 5.54 Å². The van der Waals surface area contributed by atoms with Crippen LogP contribution in [0.25, 0.3) is 0 Å². The average Bonchev–Trinajstić information content (AvgIpc) is 2.21. The summed E-state index contributed by atoms with van der Waals surface area (Å²) in [6.07, 6.45) is 0.897. The summed E-state index contributed by atoms with van der Waals surface area (Å²) >= 11 is 0. The maximum atomic E-state index is 9.40. The second-order valence-corrected chi connectivity index (χ2v) is 3.83. The fourth-order valence-corrected chi connectivity index (χ4v) is 1.39. The Balaban J connectivity index is 3.12. The van der Waals surface area contributed by atoms with Gasteiger partial charge in [-0.25, -0.2) is 0 Å². The van der Waals surface area contributed by atoms with Gasteiger partial charge >= 0.3 is 0 Å². The molecule has 0 aliphatic carbocycles. The van der Waals surface area contributed by atoms with Crippen LogP contribution >= 0.6 is 0 Å². The average molecular weight is 194 g/mol. The maximum absolute atomic E-state index is 9.40. The number of benzene rings is 1. The molecule has 0 aromatic heterocycles. The monoisotopic (exact) mass is 194 g/mol. The predicted octanol–water partition coefficient (Wildman–Crippen LogP) is 1.79. The molecule has 0 saturated carbocycles. The van der Waals surface area contributed by atoms with Crippen LogP contribution in [0.3, 0.4) is 0 Å². The summed E-state index contributed by atoms with van der Waals surface area (Å²) in [5.41, 5.74) is 4.55. The van der Waals surface area contributed by atoms with Crippen LogP contribution in [-0.2, 0) is 5.54 Å². The van der Waals surface area contributed by atoms with Gasteiger partial charge in [-0.05, 0) is 37.5 Å². The van der Waals surface area contributed by atoms with E-state index >= 15 is 0 Å². The number of nitrogens with two attached hydrogens (primary N) is 1. The van der Waals surface area contributed by atoms with Gasteiger partial charge in [-0.3, -0.25) is 11.3 Å². The summed E-state index contributed by atoms with van der Waals surface area (Å²) in [5.74, 6) is 5.85. The van der Waals surface area contributed by atoms with Crippen LogP contribution in [0, 0.1) is 6.92 Å². The first-order valence-electron chi connectivity index (χ1n) is 4.81. The van der Waals surface area contributed by atoms with Gasteiger partial charge in [-0.15, -0.1) is 0 Å². The van der Waals surface area contributed by atoms with Crippen molar-refractivity contribution in [3.63, 3.8) is 0 Å². The van der Waals surface area contributed by atoms with Crippen LogP contribution in [0.1, 0.15) is 31.4 Å². The Morgan fingerprint density at radius 3 is 2.57 bits per heavy atom. The smallest absolute Gasteiger partial charge is 0.118 e. The zero-order valence-electron chi connectivity index (χ0n) is 8.96. The normalized spacial score (nSPS) is 15.1. The van der Waals surface area contributed by atoms with Crippen LogP contribution < -0.4 is 11.3 Å². The number of hydrazine groups is 1. The molecule has 14 heavy (non-hydrogen) atoms. The molecular formula is C11H18N2O. The third kappa shape index (κ3) is 1.89. The van der Waals surface area contributed by atoms with E-state index in [2.05, 4.69) is 12.3 Å². The van der Waals surface area contributed by atoms with Crippen molar-refractivity contribution in [1.29, 1.82) is 0 Å². The Labute approximate surface area is 84.9 Å². The third-order valence-electron chi connectivity index (χ3n) is 2.86. The number of aryl methyl sites for hydroxylation is 1. The molecule has 0 radical (unpaired) electrons. The van der Waals surface area contributed by atoms with Crippen molar-refractivity contribution in [3.8, 4) is 5.75 Å². The number of aromatic hydroxyl groups is 1. The topological polar surface area (TPSA) is 58.3 Å². The van der Waals surface area contributed by atoms with Crippen molar-refractivity contribution in [2.45, 2.75) is 32.7 Å². The van der Waals surface area contributed by atoms with Gasteiger partial charge in [0, 0.05) is 0 Å². The number of nitrogens with one attached hydrogen (secondary N) is 1. The lowest BCUT2D eigenvalue weighted by molar-refractivity contribution is 0.360. The van der Waals surface area contributed by atoms with E-state index in [-0.39, 0.29) is 5.54 Å². The fourth-order valence-electron chi connectivity index (χ4n) is 1.39. The van der Waals surface area contributed by atoms with Crippen molar-refractivity contribution in [2.24, 2.45) is 5.84 Å².